The van der Waals surface area contributed by atoms with Crippen molar-refractivity contribution < 1.29 is 5.21 Å². The Hall–Kier alpha value is -2.20. The quantitative estimate of drug-likeness (QED) is 0.390. The number of nitrogens with zero attached hydrogens (tertiary/aromatic N) is 2. The predicted molar refractivity (Wildman–Crippen MR) is 87.8 cm³/mol. The maximum absolute atomic E-state index is 8.73. The van der Waals surface area contributed by atoms with Crippen LogP contribution in [0.2, 0.25) is 5.02 Å². The largest absolute Gasteiger partial charge is 0.409 e. The highest BCUT2D eigenvalue weighted by molar-refractivity contribution is 6.33. The van der Waals surface area contributed by atoms with Crippen molar-refractivity contribution in [1.82, 2.24) is 0 Å². The second-order valence-corrected chi connectivity index (χ2v) is 5.09. The number of hydrogen-bond acceptors (Lipinski definition) is 3. The maximum atomic E-state index is 8.73. The van der Waals surface area contributed by atoms with Gasteiger partial charge in [0, 0.05) is 17.8 Å². The predicted octanol–water partition coefficient (Wildman–Crippen LogP) is 3.90. The number of oxime groups is 1. The second-order valence-electron chi connectivity index (χ2n) is 4.68. The fourth-order valence-corrected chi connectivity index (χ4v) is 2.56. The number of amidine groups is 1. The van der Waals surface area contributed by atoms with E-state index in [0.717, 1.165) is 17.9 Å². The molecule has 0 heterocycles. The summed E-state index contributed by atoms with van der Waals surface area (Å²) in [4.78, 5) is 2.13. The molecule has 0 amide bonds. The number of rotatable bonds is 4. The van der Waals surface area contributed by atoms with E-state index in [2.05, 4.69) is 36.0 Å². The van der Waals surface area contributed by atoms with Crippen LogP contribution in [0.15, 0.2) is 47.6 Å². The number of anilines is 2. The van der Waals surface area contributed by atoms with Gasteiger partial charge < -0.3 is 15.8 Å². The third-order valence-electron chi connectivity index (χ3n) is 3.36. The third kappa shape index (κ3) is 3.11. The Bertz CT molecular complexity index is 670. The molecule has 21 heavy (non-hydrogen) atoms. The summed E-state index contributed by atoms with van der Waals surface area (Å²) in [7, 11) is 0. The van der Waals surface area contributed by atoms with Crippen LogP contribution in [0.1, 0.15) is 18.1 Å². The molecule has 0 aliphatic heterocycles. The Morgan fingerprint density at radius 2 is 1.95 bits per heavy atom. The van der Waals surface area contributed by atoms with Crippen molar-refractivity contribution in [2.45, 2.75) is 13.8 Å². The van der Waals surface area contributed by atoms with Gasteiger partial charge in [0.15, 0.2) is 5.84 Å². The molecule has 0 radical (unpaired) electrons. The molecule has 2 aromatic carbocycles. The molecule has 2 aromatic rings. The number of benzene rings is 2. The van der Waals surface area contributed by atoms with Crippen LogP contribution in [-0.4, -0.2) is 17.6 Å². The summed E-state index contributed by atoms with van der Waals surface area (Å²) >= 11 is 6.37. The van der Waals surface area contributed by atoms with Crippen molar-refractivity contribution in [2.75, 3.05) is 11.4 Å². The Morgan fingerprint density at radius 1 is 1.24 bits per heavy atom. The zero-order valence-corrected chi connectivity index (χ0v) is 12.8. The minimum atomic E-state index is 0.0439. The molecule has 4 nitrogen and oxygen atoms in total. The number of halogens is 1. The van der Waals surface area contributed by atoms with E-state index in [9.17, 15) is 0 Å². The number of hydrogen-bond donors (Lipinski definition) is 2. The van der Waals surface area contributed by atoms with Gasteiger partial charge in [-0.15, -0.1) is 0 Å². The molecule has 0 spiro atoms. The van der Waals surface area contributed by atoms with Gasteiger partial charge in [-0.2, -0.15) is 0 Å². The Balaban J connectivity index is 2.47. The lowest BCUT2D eigenvalue weighted by Gasteiger charge is -2.26. The lowest BCUT2D eigenvalue weighted by molar-refractivity contribution is 0.318. The molecule has 0 atom stereocenters. The molecule has 0 fully saturated rings. The summed E-state index contributed by atoms with van der Waals surface area (Å²) in [5, 5.41) is 12.3. The molecule has 3 N–H and O–H groups in total. The number of para-hydroxylation sites is 1. The Labute approximate surface area is 129 Å². The van der Waals surface area contributed by atoms with Crippen molar-refractivity contribution in [3.63, 3.8) is 0 Å². The standard InChI is InChI=1S/C16H18ClN3O/c1-3-20(14-7-5-4-6-11(14)2)15-9-8-12(10-13(15)17)16(18)19-21/h4-10,21H,3H2,1-2H3,(H2,18,19). The van der Waals surface area contributed by atoms with Gasteiger partial charge in [-0.25, -0.2) is 0 Å². The molecule has 0 saturated heterocycles. The van der Waals surface area contributed by atoms with E-state index in [-0.39, 0.29) is 5.84 Å². The minimum Gasteiger partial charge on any atom is -0.409 e. The highest BCUT2D eigenvalue weighted by atomic mass is 35.5. The van der Waals surface area contributed by atoms with Gasteiger partial charge in [-0.1, -0.05) is 35.0 Å². The van der Waals surface area contributed by atoms with Crippen LogP contribution in [0.25, 0.3) is 0 Å². The van der Waals surface area contributed by atoms with E-state index >= 15 is 0 Å². The summed E-state index contributed by atoms with van der Waals surface area (Å²) in [6.45, 7) is 4.92. The SMILES string of the molecule is CCN(c1ccccc1C)c1ccc(C(N)=NO)cc1Cl. The fraction of sp³-hybridized carbons (Fsp3) is 0.188. The van der Waals surface area contributed by atoms with Crippen molar-refractivity contribution in [2.24, 2.45) is 10.9 Å². The van der Waals surface area contributed by atoms with E-state index < -0.39 is 0 Å². The van der Waals surface area contributed by atoms with Gasteiger partial charge in [-0.3, -0.25) is 0 Å². The molecule has 5 heteroatoms. The van der Waals surface area contributed by atoms with Gasteiger partial charge in [0.1, 0.15) is 0 Å². The van der Waals surface area contributed by atoms with Crippen molar-refractivity contribution in [1.29, 1.82) is 0 Å². The first-order valence-electron chi connectivity index (χ1n) is 6.69. The molecule has 0 unspecified atom stereocenters. The van der Waals surface area contributed by atoms with Crippen molar-refractivity contribution in [3.8, 4) is 0 Å². The highest BCUT2D eigenvalue weighted by Crippen LogP contribution is 2.33. The van der Waals surface area contributed by atoms with E-state index in [4.69, 9.17) is 22.5 Å². The van der Waals surface area contributed by atoms with Crippen LogP contribution in [-0.2, 0) is 0 Å². The lowest BCUT2D eigenvalue weighted by Crippen LogP contribution is -2.18. The van der Waals surface area contributed by atoms with E-state index in [1.165, 1.54) is 5.56 Å². The van der Waals surface area contributed by atoms with Crippen LogP contribution in [0.5, 0.6) is 0 Å². The van der Waals surface area contributed by atoms with Crippen LogP contribution in [0.3, 0.4) is 0 Å². The zero-order chi connectivity index (χ0) is 15.4. The van der Waals surface area contributed by atoms with Crippen molar-refractivity contribution in [3.05, 3.63) is 58.6 Å². The Kier molecular flexibility index (Phi) is 4.70. The first-order chi connectivity index (χ1) is 10.1. The monoisotopic (exact) mass is 303 g/mol. The van der Waals surface area contributed by atoms with Crippen LogP contribution >= 0.6 is 11.6 Å². The normalized spacial score (nSPS) is 11.5. The number of nitrogens with two attached hydrogens (primary N) is 1. The first kappa shape index (κ1) is 15.2. The number of aryl methyl sites for hydroxylation is 1. The van der Waals surface area contributed by atoms with Gasteiger partial charge in [0.2, 0.25) is 0 Å². The van der Waals surface area contributed by atoms with Crippen LogP contribution in [0, 0.1) is 6.92 Å². The van der Waals surface area contributed by atoms with Crippen LogP contribution in [0.4, 0.5) is 11.4 Å². The highest BCUT2D eigenvalue weighted by Gasteiger charge is 2.14. The van der Waals surface area contributed by atoms with Gasteiger partial charge >= 0.3 is 0 Å². The second kappa shape index (κ2) is 6.50. The lowest BCUT2D eigenvalue weighted by atomic mass is 10.1. The van der Waals surface area contributed by atoms with E-state index in [0.29, 0.717) is 10.6 Å². The molecule has 0 bridgehead atoms. The zero-order valence-electron chi connectivity index (χ0n) is 12.0. The Morgan fingerprint density at radius 3 is 2.52 bits per heavy atom. The summed E-state index contributed by atoms with van der Waals surface area (Å²) < 4.78 is 0. The van der Waals surface area contributed by atoms with Crippen LogP contribution < -0.4 is 10.6 Å². The van der Waals surface area contributed by atoms with Gasteiger partial charge in [0.25, 0.3) is 0 Å². The summed E-state index contributed by atoms with van der Waals surface area (Å²) in [6.07, 6.45) is 0. The average molecular weight is 304 g/mol. The molecule has 0 aliphatic rings. The van der Waals surface area contributed by atoms with Crippen molar-refractivity contribution >= 4 is 28.8 Å². The fourth-order valence-electron chi connectivity index (χ4n) is 2.28. The van der Waals surface area contributed by atoms with E-state index in [1.807, 2.05) is 18.2 Å². The summed E-state index contributed by atoms with van der Waals surface area (Å²) in [5.74, 6) is 0.0439. The smallest absolute Gasteiger partial charge is 0.170 e. The third-order valence-corrected chi connectivity index (χ3v) is 3.67. The summed E-state index contributed by atoms with van der Waals surface area (Å²) in [5.41, 5.74) is 9.35. The molecule has 0 aliphatic carbocycles. The summed E-state index contributed by atoms with van der Waals surface area (Å²) in [6, 6.07) is 13.5. The molecular formula is C16H18ClN3O. The molecular weight excluding hydrogens is 286 g/mol. The van der Waals surface area contributed by atoms with Gasteiger partial charge in [-0.05, 0) is 43.7 Å². The molecule has 110 valence electrons. The maximum Gasteiger partial charge on any atom is 0.170 e. The molecule has 2 rings (SSSR count). The molecule has 0 aromatic heterocycles. The minimum absolute atomic E-state index is 0.0439. The topological polar surface area (TPSA) is 61.8 Å². The van der Waals surface area contributed by atoms with E-state index in [1.54, 1.807) is 12.1 Å². The molecule has 0 saturated carbocycles. The first-order valence-corrected chi connectivity index (χ1v) is 7.07. The average Bonchev–Trinajstić information content (AvgIpc) is 2.50. The van der Waals surface area contributed by atoms with Gasteiger partial charge in [0.05, 0.1) is 10.7 Å².